The van der Waals surface area contributed by atoms with Gasteiger partial charge < -0.3 is 19.9 Å². The Labute approximate surface area is 104 Å². The normalized spacial score (nSPS) is 13.2. The van der Waals surface area contributed by atoms with Gasteiger partial charge in [0.1, 0.15) is 11.5 Å². The Bertz CT molecular complexity index is 472. The number of anilines is 1. The number of amides is 1. The van der Waals surface area contributed by atoms with E-state index in [1.165, 1.54) is 0 Å². The van der Waals surface area contributed by atoms with E-state index < -0.39 is 5.97 Å². The van der Waals surface area contributed by atoms with E-state index in [0.717, 1.165) is 0 Å². The van der Waals surface area contributed by atoms with Crippen LogP contribution in [0.25, 0.3) is 0 Å². The van der Waals surface area contributed by atoms with Gasteiger partial charge in [0.15, 0.2) is 6.61 Å². The van der Waals surface area contributed by atoms with E-state index in [1.54, 1.807) is 18.2 Å². The van der Waals surface area contributed by atoms with Crippen LogP contribution in [-0.2, 0) is 9.59 Å². The summed E-state index contributed by atoms with van der Waals surface area (Å²) in [5, 5.41) is 11.1. The van der Waals surface area contributed by atoms with Crippen molar-refractivity contribution in [3.8, 4) is 11.5 Å². The lowest BCUT2D eigenvalue weighted by molar-refractivity contribution is -0.137. The number of benzene rings is 1. The molecule has 0 saturated heterocycles. The number of hydrogen-bond donors (Lipinski definition) is 2. The lowest BCUT2D eigenvalue weighted by Crippen LogP contribution is -2.25. The van der Waals surface area contributed by atoms with Crippen molar-refractivity contribution in [1.82, 2.24) is 0 Å². The largest absolute Gasteiger partial charge is 0.493 e. The average molecular weight is 251 g/mol. The van der Waals surface area contributed by atoms with Gasteiger partial charge in [0.05, 0.1) is 12.3 Å². The third-order valence-electron chi connectivity index (χ3n) is 2.39. The Hall–Kier alpha value is -2.24. The van der Waals surface area contributed by atoms with E-state index in [1.807, 2.05) is 0 Å². The van der Waals surface area contributed by atoms with Crippen molar-refractivity contribution in [2.24, 2.45) is 0 Å². The Kier molecular flexibility index (Phi) is 3.66. The number of carboxylic acid groups (broad SMARTS) is 1. The molecular weight excluding hydrogens is 238 g/mol. The Balaban J connectivity index is 1.91. The second-order valence-electron chi connectivity index (χ2n) is 3.84. The highest BCUT2D eigenvalue weighted by Crippen LogP contribution is 2.31. The molecule has 96 valence electrons. The van der Waals surface area contributed by atoms with Gasteiger partial charge >= 0.3 is 5.97 Å². The van der Waals surface area contributed by atoms with Crippen LogP contribution in [0, 0.1) is 0 Å². The number of carboxylic acids is 1. The van der Waals surface area contributed by atoms with Crippen LogP contribution >= 0.6 is 0 Å². The van der Waals surface area contributed by atoms with Gasteiger partial charge in [-0.1, -0.05) is 0 Å². The molecule has 2 rings (SSSR count). The molecule has 1 aliphatic rings. The second kappa shape index (κ2) is 5.39. The van der Waals surface area contributed by atoms with E-state index in [-0.39, 0.29) is 18.9 Å². The van der Waals surface area contributed by atoms with Gasteiger partial charge in [-0.25, -0.2) is 0 Å². The molecule has 0 radical (unpaired) electrons. The van der Waals surface area contributed by atoms with E-state index >= 15 is 0 Å². The minimum Gasteiger partial charge on any atom is -0.493 e. The zero-order chi connectivity index (χ0) is 13.0. The molecule has 0 bridgehead atoms. The Morgan fingerprint density at radius 2 is 2.33 bits per heavy atom. The van der Waals surface area contributed by atoms with Crippen molar-refractivity contribution in [3.63, 3.8) is 0 Å². The summed E-state index contributed by atoms with van der Waals surface area (Å²) in [7, 11) is 0. The molecule has 1 aromatic carbocycles. The summed E-state index contributed by atoms with van der Waals surface area (Å²) in [4.78, 5) is 21.4. The quantitative estimate of drug-likeness (QED) is 0.769. The highest BCUT2D eigenvalue weighted by atomic mass is 16.5. The molecule has 0 aromatic heterocycles. The summed E-state index contributed by atoms with van der Waals surface area (Å²) in [6.07, 6.45) is 0.529. The first-order valence-corrected chi connectivity index (χ1v) is 5.56. The molecule has 0 atom stereocenters. The second-order valence-corrected chi connectivity index (χ2v) is 3.84. The fourth-order valence-electron chi connectivity index (χ4n) is 1.56. The predicted molar refractivity (Wildman–Crippen MR) is 62.9 cm³/mol. The van der Waals surface area contributed by atoms with E-state index in [2.05, 4.69) is 5.32 Å². The first kappa shape index (κ1) is 12.2. The van der Waals surface area contributed by atoms with Crippen molar-refractivity contribution in [3.05, 3.63) is 18.2 Å². The summed E-state index contributed by atoms with van der Waals surface area (Å²) < 4.78 is 10.6. The third-order valence-corrected chi connectivity index (χ3v) is 2.39. The molecular formula is C12H13NO5. The molecule has 1 aromatic rings. The minimum absolute atomic E-state index is 0.00450. The lowest BCUT2D eigenvalue weighted by atomic mass is 10.2. The number of carbonyl (C=O) groups is 2. The highest BCUT2D eigenvalue weighted by Gasteiger charge is 2.16. The van der Waals surface area contributed by atoms with Crippen LogP contribution in [0.15, 0.2) is 18.2 Å². The maximum Gasteiger partial charge on any atom is 0.303 e. The molecule has 0 unspecified atom stereocenters. The molecule has 0 fully saturated rings. The van der Waals surface area contributed by atoms with Crippen LogP contribution in [0.3, 0.4) is 0 Å². The van der Waals surface area contributed by atoms with Crippen molar-refractivity contribution in [2.75, 3.05) is 18.5 Å². The molecule has 18 heavy (non-hydrogen) atoms. The summed E-state index contributed by atoms with van der Waals surface area (Å²) in [5.41, 5.74) is 0.615. The molecule has 1 heterocycles. The van der Waals surface area contributed by atoms with Crippen molar-refractivity contribution >= 4 is 17.6 Å². The number of ether oxygens (including phenoxy) is 2. The summed E-state index contributed by atoms with van der Waals surface area (Å²) in [6, 6.07) is 5.07. The van der Waals surface area contributed by atoms with Crippen LogP contribution in [0.4, 0.5) is 5.69 Å². The lowest BCUT2D eigenvalue weighted by Gasteiger charge is -2.18. The number of rotatable bonds is 5. The van der Waals surface area contributed by atoms with E-state index in [4.69, 9.17) is 14.6 Å². The fourth-order valence-corrected chi connectivity index (χ4v) is 1.56. The summed E-state index contributed by atoms with van der Waals surface area (Å²) in [6.45, 7) is 0.326. The fraction of sp³-hybridized carbons (Fsp3) is 0.333. The minimum atomic E-state index is -0.838. The van der Waals surface area contributed by atoms with Gasteiger partial charge in [-0.15, -0.1) is 0 Å². The first-order chi connectivity index (χ1) is 8.65. The van der Waals surface area contributed by atoms with Gasteiger partial charge in [0, 0.05) is 12.5 Å². The van der Waals surface area contributed by atoms with Crippen molar-refractivity contribution in [1.29, 1.82) is 0 Å². The number of nitrogens with one attached hydrogen (secondary N) is 1. The monoisotopic (exact) mass is 251 g/mol. The Morgan fingerprint density at radius 3 is 3.11 bits per heavy atom. The molecule has 1 amide bonds. The smallest absolute Gasteiger partial charge is 0.303 e. The molecule has 6 heteroatoms. The summed E-state index contributed by atoms with van der Waals surface area (Å²) in [5.74, 6) is 0.133. The number of carbonyl (C=O) groups excluding carboxylic acids is 1. The molecule has 0 saturated carbocycles. The van der Waals surface area contributed by atoms with Gasteiger partial charge in [-0.3, -0.25) is 9.59 Å². The Morgan fingerprint density at radius 1 is 1.50 bits per heavy atom. The zero-order valence-electron chi connectivity index (χ0n) is 9.64. The van der Waals surface area contributed by atoms with Crippen LogP contribution in [0.2, 0.25) is 0 Å². The number of aliphatic carboxylic acids is 1. The standard InChI is InChI=1S/C12H13NO5/c14-11-7-18-10-6-8(3-4-9(10)13-11)17-5-1-2-12(15)16/h3-4,6H,1-2,5,7H2,(H,13,14)(H,15,16). The van der Waals surface area contributed by atoms with Crippen LogP contribution in [0.5, 0.6) is 11.5 Å². The number of fused-ring (bicyclic) bond motifs is 1. The SMILES string of the molecule is O=C(O)CCCOc1ccc2c(c1)OCC(=O)N2. The topological polar surface area (TPSA) is 84.9 Å². The van der Waals surface area contributed by atoms with Gasteiger partial charge in [0.2, 0.25) is 0 Å². The highest BCUT2D eigenvalue weighted by molar-refractivity contribution is 5.95. The van der Waals surface area contributed by atoms with E-state index in [0.29, 0.717) is 30.2 Å². The summed E-state index contributed by atoms with van der Waals surface area (Å²) >= 11 is 0. The molecule has 2 N–H and O–H groups in total. The average Bonchev–Trinajstić information content (AvgIpc) is 2.34. The van der Waals surface area contributed by atoms with Gasteiger partial charge in [-0.2, -0.15) is 0 Å². The number of hydrogen-bond acceptors (Lipinski definition) is 4. The molecule has 6 nitrogen and oxygen atoms in total. The van der Waals surface area contributed by atoms with Crippen molar-refractivity contribution < 1.29 is 24.2 Å². The molecule has 0 spiro atoms. The molecule has 1 aliphatic heterocycles. The first-order valence-electron chi connectivity index (χ1n) is 5.56. The maximum atomic E-state index is 11.1. The van der Waals surface area contributed by atoms with Gasteiger partial charge in [-0.05, 0) is 18.6 Å². The zero-order valence-corrected chi connectivity index (χ0v) is 9.64. The van der Waals surface area contributed by atoms with Crippen LogP contribution < -0.4 is 14.8 Å². The maximum absolute atomic E-state index is 11.1. The third kappa shape index (κ3) is 3.13. The van der Waals surface area contributed by atoms with Crippen LogP contribution in [-0.4, -0.2) is 30.2 Å². The van der Waals surface area contributed by atoms with Crippen molar-refractivity contribution in [2.45, 2.75) is 12.8 Å². The van der Waals surface area contributed by atoms with Crippen LogP contribution in [0.1, 0.15) is 12.8 Å². The molecule has 0 aliphatic carbocycles. The van der Waals surface area contributed by atoms with Gasteiger partial charge in [0.25, 0.3) is 5.91 Å². The van der Waals surface area contributed by atoms with E-state index in [9.17, 15) is 9.59 Å². The predicted octanol–water partition coefficient (Wildman–Crippen LogP) is 1.26.